The molecule has 2 fully saturated rings. The van der Waals surface area contributed by atoms with Crippen molar-refractivity contribution >= 4 is 17.8 Å². The summed E-state index contributed by atoms with van der Waals surface area (Å²) in [6, 6.07) is 19.1. The predicted molar refractivity (Wildman–Crippen MR) is 143 cm³/mol. The molecule has 1 N–H and O–H groups in total. The molecule has 0 aliphatic carbocycles. The topological polar surface area (TPSA) is 76.2 Å². The second-order valence-electron chi connectivity index (χ2n) is 9.96. The van der Waals surface area contributed by atoms with Crippen LogP contribution in [0.25, 0.3) is 0 Å². The van der Waals surface area contributed by atoms with Crippen LogP contribution in [0.3, 0.4) is 0 Å². The van der Waals surface area contributed by atoms with E-state index in [-0.39, 0.29) is 30.3 Å². The lowest BCUT2D eigenvalue weighted by Gasteiger charge is -2.55. The highest BCUT2D eigenvalue weighted by atomic mass is 16.2. The van der Waals surface area contributed by atoms with Crippen LogP contribution in [0.5, 0.6) is 0 Å². The minimum Gasteiger partial charge on any atom is -0.336 e. The average Bonchev–Trinajstić information content (AvgIpc) is 2.92. The van der Waals surface area contributed by atoms with Gasteiger partial charge in [0.1, 0.15) is 12.2 Å². The molecule has 4 amide bonds. The molecule has 0 bridgehead atoms. The number of hydrogen-bond donors (Lipinski definition) is 1. The van der Waals surface area contributed by atoms with Crippen molar-refractivity contribution in [2.45, 2.75) is 64.7 Å². The summed E-state index contributed by atoms with van der Waals surface area (Å²) in [6.07, 6.45) is 1.82. The molecule has 1 unspecified atom stereocenters. The van der Waals surface area contributed by atoms with E-state index in [2.05, 4.69) is 31.3 Å². The number of rotatable bonds is 9. The minimum atomic E-state index is -0.558. The van der Waals surface area contributed by atoms with E-state index >= 15 is 0 Å². The van der Waals surface area contributed by atoms with Gasteiger partial charge in [0.25, 0.3) is 0 Å². The van der Waals surface area contributed by atoms with Gasteiger partial charge < -0.3 is 15.1 Å². The summed E-state index contributed by atoms with van der Waals surface area (Å²) in [4.78, 5) is 44.2. The van der Waals surface area contributed by atoms with Crippen molar-refractivity contribution in [1.82, 2.24) is 25.1 Å². The number of nitrogens with one attached hydrogen (secondary N) is 1. The van der Waals surface area contributed by atoms with Gasteiger partial charge in [-0.15, -0.1) is 0 Å². The maximum absolute atomic E-state index is 13.7. The summed E-state index contributed by atoms with van der Waals surface area (Å²) >= 11 is 0. The van der Waals surface area contributed by atoms with Crippen LogP contribution in [0, 0.1) is 0 Å². The van der Waals surface area contributed by atoms with E-state index < -0.39 is 12.2 Å². The van der Waals surface area contributed by atoms with Crippen molar-refractivity contribution in [2.75, 3.05) is 26.2 Å². The van der Waals surface area contributed by atoms with Gasteiger partial charge in [0.15, 0.2) is 0 Å². The van der Waals surface area contributed by atoms with E-state index in [1.54, 1.807) is 14.9 Å². The van der Waals surface area contributed by atoms with Gasteiger partial charge in [-0.3, -0.25) is 9.59 Å². The number of carbonyl (C=O) groups is 3. The molecular weight excluding hydrogens is 466 g/mol. The van der Waals surface area contributed by atoms with E-state index in [0.29, 0.717) is 32.6 Å². The van der Waals surface area contributed by atoms with Crippen molar-refractivity contribution < 1.29 is 14.4 Å². The number of nitrogens with zero attached hydrogens (tertiary/aromatic N) is 4. The number of carbonyl (C=O) groups excluding carboxylic acids is 3. The highest BCUT2D eigenvalue weighted by Gasteiger charge is 2.50. The molecule has 0 aromatic heterocycles. The molecule has 2 heterocycles. The first-order valence-corrected chi connectivity index (χ1v) is 13.4. The van der Waals surface area contributed by atoms with Crippen LogP contribution in [0.15, 0.2) is 60.7 Å². The fraction of sp³-hybridized carbons (Fsp3) is 0.483. The summed E-state index contributed by atoms with van der Waals surface area (Å²) in [7, 11) is 0. The monoisotopic (exact) mass is 505 g/mol. The third kappa shape index (κ3) is 5.96. The average molecular weight is 506 g/mol. The zero-order valence-electron chi connectivity index (χ0n) is 22.2. The first-order valence-electron chi connectivity index (χ1n) is 13.4. The van der Waals surface area contributed by atoms with Gasteiger partial charge in [0, 0.05) is 19.6 Å². The molecule has 2 aromatic carbocycles. The molecular formula is C29H39N5O3. The number of unbranched alkanes of at least 4 members (excludes halogenated alkanes) is 1. The lowest BCUT2D eigenvalue weighted by molar-refractivity contribution is -0.190. The van der Waals surface area contributed by atoms with Gasteiger partial charge in [-0.25, -0.2) is 14.8 Å². The van der Waals surface area contributed by atoms with E-state index in [1.807, 2.05) is 60.4 Å². The molecule has 8 heteroatoms. The second-order valence-corrected chi connectivity index (χ2v) is 9.96. The third-order valence-electron chi connectivity index (χ3n) is 7.38. The molecule has 0 saturated carbocycles. The van der Waals surface area contributed by atoms with Crippen LogP contribution in [-0.2, 0) is 16.1 Å². The number of hydrazine groups is 1. The summed E-state index contributed by atoms with van der Waals surface area (Å²) in [6.45, 7) is 7.96. The molecule has 4 rings (SSSR count). The first-order chi connectivity index (χ1) is 17.9. The fourth-order valence-corrected chi connectivity index (χ4v) is 5.37. The van der Waals surface area contributed by atoms with Gasteiger partial charge in [-0.2, -0.15) is 0 Å². The van der Waals surface area contributed by atoms with E-state index in [0.717, 1.165) is 24.0 Å². The number of likely N-dealkylation sites (N-methyl/N-ethyl adjacent to an activating group) is 1. The fourth-order valence-electron chi connectivity index (χ4n) is 5.37. The predicted octanol–water partition coefficient (Wildman–Crippen LogP) is 3.81. The lowest BCUT2D eigenvalue weighted by atomic mass is 9.97. The molecule has 2 saturated heterocycles. The molecule has 3 atom stereocenters. The Morgan fingerprint density at radius 2 is 1.70 bits per heavy atom. The SMILES string of the molecule is CCCC[C@H]1C(=O)N(CC(C)c2ccccc2)C[C@H]2N1C(=O)CN(CC)N2C(=O)NCc1ccccc1. The zero-order valence-corrected chi connectivity index (χ0v) is 22.2. The summed E-state index contributed by atoms with van der Waals surface area (Å²) in [5, 5.41) is 6.51. The van der Waals surface area contributed by atoms with Gasteiger partial charge in [0.05, 0.1) is 13.1 Å². The molecule has 8 nitrogen and oxygen atoms in total. The molecule has 2 aliphatic heterocycles. The van der Waals surface area contributed by atoms with Crippen LogP contribution in [0.4, 0.5) is 4.79 Å². The molecule has 0 radical (unpaired) electrons. The number of urea groups is 1. The number of benzene rings is 2. The van der Waals surface area contributed by atoms with Crippen LogP contribution in [0.1, 0.15) is 57.1 Å². The van der Waals surface area contributed by atoms with Gasteiger partial charge >= 0.3 is 6.03 Å². The quantitative estimate of drug-likeness (QED) is 0.562. The number of piperazine rings is 1. The maximum Gasteiger partial charge on any atom is 0.334 e. The van der Waals surface area contributed by atoms with E-state index in [4.69, 9.17) is 0 Å². The van der Waals surface area contributed by atoms with Crippen LogP contribution in [0.2, 0.25) is 0 Å². The Labute approximate surface area is 220 Å². The van der Waals surface area contributed by atoms with Crippen LogP contribution in [-0.4, -0.2) is 76.0 Å². The Balaban J connectivity index is 1.61. The Morgan fingerprint density at radius 3 is 2.35 bits per heavy atom. The van der Waals surface area contributed by atoms with E-state index in [9.17, 15) is 14.4 Å². The van der Waals surface area contributed by atoms with Crippen LogP contribution >= 0.6 is 0 Å². The summed E-state index contributed by atoms with van der Waals surface area (Å²) in [5.74, 6) is 0.0186. The minimum absolute atomic E-state index is 0.0181. The van der Waals surface area contributed by atoms with Crippen molar-refractivity contribution in [1.29, 1.82) is 0 Å². The maximum atomic E-state index is 13.7. The first kappa shape index (κ1) is 26.7. The summed E-state index contributed by atoms with van der Waals surface area (Å²) in [5.41, 5.74) is 2.16. The highest BCUT2D eigenvalue weighted by Crippen LogP contribution is 2.30. The van der Waals surface area contributed by atoms with Crippen molar-refractivity contribution in [3.05, 3.63) is 71.8 Å². The summed E-state index contributed by atoms with van der Waals surface area (Å²) < 4.78 is 0. The number of fused-ring (bicyclic) bond motifs is 1. The standard InChI is InChI=1S/C29H39N5O3/c1-4-6-17-25-28(36)31(19-22(3)24-15-11-8-12-16-24)20-26-33(25)27(35)21-32(5-2)34(26)29(37)30-18-23-13-9-7-10-14-23/h7-16,22,25-26H,4-6,17-21H2,1-3H3,(H,30,37)/t22?,25-,26-/m0/s1. The highest BCUT2D eigenvalue weighted by molar-refractivity contribution is 5.91. The third-order valence-corrected chi connectivity index (χ3v) is 7.38. The lowest BCUT2D eigenvalue weighted by Crippen LogP contribution is -2.76. The molecule has 2 aliphatic rings. The second kappa shape index (κ2) is 12.2. The Bertz CT molecular complexity index is 1060. The molecule has 37 heavy (non-hydrogen) atoms. The molecule has 198 valence electrons. The van der Waals surface area contributed by atoms with Gasteiger partial charge in [-0.05, 0) is 23.5 Å². The van der Waals surface area contributed by atoms with Gasteiger partial charge in [0.2, 0.25) is 11.8 Å². The molecule has 2 aromatic rings. The Hall–Kier alpha value is -3.39. The van der Waals surface area contributed by atoms with Crippen molar-refractivity contribution in [3.8, 4) is 0 Å². The van der Waals surface area contributed by atoms with Crippen molar-refractivity contribution in [3.63, 3.8) is 0 Å². The normalized spacial score (nSPS) is 21.1. The van der Waals surface area contributed by atoms with Crippen LogP contribution < -0.4 is 5.32 Å². The smallest absolute Gasteiger partial charge is 0.334 e. The largest absolute Gasteiger partial charge is 0.336 e. The van der Waals surface area contributed by atoms with Crippen molar-refractivity contribution in [2.24, 2.45) is 0 Å². The number of amides is 4. The number of hydrogen-bond acceptors (Lipinski definition) is 4. The Morgan fingerprint density at radius 1 is 1.03 bits per heavy atom. The Kier molecular flexibility index (Phi) is 8.82. The van der Waals surface area contributed by atoms with E-state index in [1.165, 1.54) is 0 Å². The van der Waals surface area contributed by atoms with Gasteiger partial charge in [-0.1, -0.05) is 94.3 Å². The zero-order chi connectivity index (χ0) is 26.4. The molecule has 0 spiro atoms.